The van der Waals surface area contributed by atoms with Gasteiger partial charge in [0.2, 0.25) is 5.91 Å². The number of benzene rings is 1. The second-order valence-electron chi connectivity index (χ2n) is 4.66. The van der Waals surface area contributed by atoms with Crippen molar-refractivity contribution in [1.29, 1.82) is 0 Å². The Morgan fingerprint density at radius 3 is 2.22 bits per heavy atom. The summed E-state index contributed by atoms with van der Waals surface area (Å²) in [7, 11) is 0. The van der Waals surface area contributed by atoms with Gasteiger partial charge in [0.25, 0.3) is 0 Å². The molecule has 0 spiro atoms. The van der Waals surface area contributed by atoms with Crippen LogP contribution in [0.15, 0.2) is 24.3 Å². The SMILES string of the molecule is CCC(C)C(=O)N(CC)C(C)c1ccc(F)cc1. The molecule has 0 heterocycles. The quantitative estimate of drug-likeness (QED) is 0.780. The first-order valence-electron chi connectivity index (χ1n) is 6.57. The number of hydrogen-bond donors (Lipinski definition) is 0. The molecule has 100 valence electrons. The van der Waals surface area contributed by atoms with Gasteiger partial charge in [-0.1, -0.05) is 26.0 Å². The average Bonchev–Trinajstić information content (AvgIpc) is 2.39. The van der Waals surface area contributed by atoms with Crippen molar-refractivity contribution in [2.24, 2.45) is 5.92 Å². The minimum Gasteiger partial charge on any atom is -0.336 e. The Morgan fingerprint density at radius 2 is 1.78 bits per heavy atom. The number of carbonyl (C=O) groups excluding carboxylic acids is 1. The predicted octanol–water partition coefficient (Wildman–Crippen LogP) is 3.78. The molecule has 0 N–H and O–H groups in total. The molecule has 2 nitrogen and oxygen atoms in total. The van der Waals surface area contributed by atoms with Crippen LogP contribution in [-0.2, 0) is 4.79 Å². The van der Waals surface area contributed by atoms with E-state index in [0.29, 0.717) is 6.54 Å². The summed E-state index contributed by atoms with van der Waals surface area (Å²) in [6.07, 6.45) is 0.839. The molecule has 0 aliphatic carbocycles. The monoisotopic (exact) mass is 251 g/mol. The van der Waals surface area contributed by atoms with E-state index in [2.05, 4.69) is 0 Å². The molecule has 1 rings (SSSR count). The molecule has 3 heteroatoms. The fourth-order valence-corrected chi connectivity index (χ4v) is 2.00. The van der Waals surface area contributed by atoms with E-state index in [1.54, 1.807) is 12.1 Å². The summed E-state index contributed by atoms with van der Waals surface area (Å²) >= 11 is 0. The number of hydrogen-bond acceptors (Lipinski definition) is 1. The topological polar surface area (TPSA) is 20.3 Å². The number of amides is 1. The second kappa shape index (κ2) is 6.53. The third-order valence-corrected chi connectivity index (χ3v) is 3.48. The van der Waals surface area contributed by atoms with E-state index in [1.165, 1.54) is 12.1 Å². The maximum atomic E-state index is 12.9. The molecule has 0 radical (unpaired) electrons. The molecular weight excluding hydrogens is 229 g/mol. The van der Waals surface area contributed by atoms with Crippen molar-refractivity contribution in [3.63, 3.8) is 0 Å². The molecule has 0 bridgehead atoms. The second-order valence-corrected chi connectivity index (χ2v) is 4.66. The van der Waals surface area contributed by atoms with E-state index in [4.69, 9.17) is 0 Å². The van der Waals surface area contributed by atoms with Crippen molar-refractivity contribution in [3.05, 3.63) is 35.6 Å². The summed E-state index contributed by atoms with van der Waals surface area (Å²) in [6, 6.07) is 6.34. The summed E-state index contributed by atoms with van der Waals surface area (Å²) in [5.74, 6) is -0.0491. The lowest BCUT2D eigenvalue weighted by Gasteiger charge is -2.30. The zero-order chi connectivity index (χ0) is 13.7. The van der Waals surface area contributed by atoms with Crippen molar-refractivity contribution in [1.82, 2.24) is 4.90 Å². The highest BCUT2D eigenvalue weighted by Gasteiger charge is 2.23. The van der Waals surface area contributed by atoms with Crippen molar-refractivity contribution in [3.8, 4) is 0 Å². The number of rotatable bonds is 5. The normalized spacial score (nSPS) is 14.1. The highest BCUT2D eigenvalue weighted by molar-refractivity contribution is 5.78. The maximum absolute atomic E-state index is 12.9. The molecule has 2 atom stereocenters. The summed E-state index contributed by atoms with van der Waals surface area (Å²) in [5, 5.41) is 0. The Labute approximate surface area is 109 Å². The van der Waals surface area contributed by atoms with Crippen LogP contribution in [0.2, 0.25) is 0 Å². The lowest BCUT2D eigenvalue weighted by Crippen LogP contribution is -2.36. The molecule has 0 fully saturated rings. The lowest BCUT2D eigenvalue weighted by molar-refractivity contribution is -0.137. The van der Waals surface area contributed by atoms with Crippen molar-refractivity contribution >= 4 is 5.91 Å². The molecule has 1 aromatic carbocycles. The van der Waals surface area contributed by atoms with Crippen LogP contribution in [0.1, 0.15) is 45.7 Å². The largest absolute Gasteiger partial charge is 0.336 e. The molecule has 0 aliphatic rings. The lowest BCUT2D eigenvalue weighted by atomic mass is 10.0. The van der Waals surface area contributed by atoms with Crippen LogP contribution in [0, 0.1) is 11.7 Å². The predicted molar refractivity (Wildman–Crippen MR) is 71.7 cm³/mol. The van der Waals surface area contributed by atoms with Crippen LogP contribution < -0.4 is 0 Å². The van der Waals surface area contributed by atoms with E-state index in [9.17, 15) is 9.18 Å². The molecule has 0 aromatic heterocycles. The molecule has 0 aliphatic heterocycles. The summed E-state index contributed by atoms with van der Waals surface area (Å²) < 4.78 is 12.9. The number of nitrogens with zero attached hydrogens (tertiary/aromatic N) is 1. The molecule has 1 amide bonds. The van der Waals surface area contributed by atoms with Gasteiger partial charge in [0.1, 0.15) is 5.82 Å². The van der Waals surface area contributed by atoms with Crippen molar-refractivity contribution in [2.45, 2.75) is 40.2 Å². The van der Waals surface area contributed by atoms with Crippen LogP contribution >= 0.6 is 0 Å². The highest BCUT2D eigenvalue weighted by atomic mass is 19.1. The Hall–Kier alpha value is -1.38. The fourth-order valence-electron chi connectivity index (χ4n) is 2.00. The Balaban J connectivity index is 2.88. The summed E-state index contributed by atoms with van der Waals surface area (Å²) in [6.45, 7) is 8.58. The van der Waals surface area contributed by atoms with E-state index in [-0.39, 0.29) is 23.7 Å². The van der Waals surface area contributed by atoms with Crippen molar-refractivity contribution < 1.29 is 9.18 Å². The van der Waals surface area contributed by atoms with Crippen LogP contribution in [-0.4, -0.2) is 17.4 Å². The first-order valence-corrected chi connectivity index (χ1v) is 6.57. The van der Waals surface area contributed by atoms with Gasteiger partial charge in [-0.15, -0.1) is 0 Å². The van der Waals surface area contributed by atoms with Gasteiger partial charge >= 0.3 is 0 Å². The maximum Gasteiger partial charge on any atom is 0.225 e. The van der Waals surface area contributed by atoms with Gasteiger partial charge in [-0.3, -0.25) is 4.79 Å². The zero-order valence-corrected chi connectivity index (χ0v) is 11.6. The minimum absolute atomic E-state index is 0.0166. The Bertz CT molecular complexity index is 388. The third kappa shape index (κ3) is 3.31. The molecular formula is C15H22FNO. The van der Waals surface area contributed by atoms with Gasteiger partial charge in [-0.2, -0.15) is 0 Å². The van der Waals surface area contributed by atoms with Gasteiger partial charge in [-0.05, 0) is 38.0 Å². The standard InChI is InChI=1S/C15H22FNO/c1-5-11(3)15(18)17(6-2)12(4)13-7-9-14(16)10-8-13/h7-12H,5-6H2,1-4H3. The number of halogens is 1. The average molecular weight is 251 g/mol. The first-order chi connectivity index (χ1) is 8.51. The third-order valence-electron chi connectivity index (χ3n) is 3.48. The molecule has 18 heavy (non-hydrogen) atoms. The van der Waals surface area contributed by atoms with Crippen LogP contribution in [0.3, 0.4) is 0 Å². The Morgan fingerprint density at radius 1 is 1.22 bits per heavy atom. The van der Waals surface area contributed by atoms with Gasteiger partial charge in [0.05, 0.1) is 6.04 Å². The van der Waals surface area contributed by atoms with E-state index in [0.717, 1.165) is 12.0 Å². The molecule has 0 saturated heterocycles. The smallest absolute Gasteiger partial charge is 0.225 e. The summed E-state index contributed by atoms with van der Waals surface area (Å²) in [4.78, 5) is 14.1. The van der Waals surface area contributed by atoms with Gasteiger partial charge in [-0.25, -0.2) is 4.39 Å². The van der Waals surface area contributed by atoms with E-state index < -0.39 is 0 Å². The van der Waals surface area contributed by atoms with Crippen LogP contribution in [0.4, 0.5) is 4.39 Å². The first kappa shape index (κ1) is 14.7. The fraction of sp³-hybridized carbons (Fsp3) is 0.533. The van der Waals surface area contributed by atoms with Crippen molar-refractivity contribution in [2.75, 3.05) is 6.54 Å². The Kier molecular flexibility index (Phi) is 5.32. The van der Waals surface area contributed by atoms with Gasteiger partial charge < -0.3 is 4.90 Å². The molecule has 2 unspecified atom stereocenters. The molecule has 0 saturated carbocycles. The van der Waals surface area contributed by atoms with Gasteiger partial charge in [0.15, 0.2) is 0 Å². The van der Waals surface area contributed by atoms with Gasteiger partial charge in [0, 0.05) is 12.5 Å². The molecule has 1 aromatic rings. The van der Waals surface area contributed by atoms with E-state index in [1.807, 2.05) is 32.6 Å². The van der Waals surface area contributed by atoms with Crippen LogP contribution in [0.25, 0.3) is 0 Å². The van der Waals surface area contributed by atoms with E-state index >= 15 is 0 Å². The summed E-state index contributed by atoms with van der Waals surface area (Å²) in [5.41, 5.74) is 0.968. The van der Waals surface area contributed by atoms with Crippen LogP contribution in [0.5, 0.6) is 0 Å². The zero-order valence-electron chi connectivity index (χ0n) is 11.6. The number of carbonyl (C=O) groups is 1. The highest BCUT2D eigenvalue weighted by Crippen LogP contribution is 2.22. The minimum atomic E-state index is -0.248.